The number of thiazole rings is 1. The van der Waals surface area contributed by atoms with Gasteiger partial charge < -0.3 is 4.74 Å². The molecule has 4 rings (SSSR count). The first-order chi connectivity index (χ1) is 14.9. The van der Waals surface area contributed by atoms with Crippen LogP contribution in [0.2, 0.25) is 0 Å². The summed E-state index contributed by atoms with van der Waals surface area (Å²) in [4.78, 5) is 24.3. The van der Waals surface area contributed by atoms with E-state index in [0.29, 0.717) is 18.1 Å². The molecule has 5 nitrogen and oxygen atoms in total. The fourth-order valence-corrected chi connectivity index (χ4v) is 4.89. The van der Waals surface area contributed by atoms with Crippen LogP contribution in [0.4, 0.5) is 5.13 Å². The molecular formula is C25H25N3O2S. The molecule has 158 valence electrons. The highest BCUT2D eigenvalue weighted by Gasteiger charge is 2.21. The number of fused-ring (bicyclic) bond motifs is 1. The van der Waals surface area contributed by atoms with Crippen LogP contribution in [-0.2, 0) is 17.8 Å². The molecule has 0 aliphatic heterocycles. The second-order valence-electron chi connectivity index (χ2n) is 7.75. The van der Waals surface area contributed by atoms with Crippen LogP contribution in [-0.4, -0.2) is 23.0 Å². The van der Waals surface area contributed by atoms with E-state index in [1.807, 2.05) is 37.3 Å². The van der Waals surface area contributed by atoms with Crippen LogP contribution in [0.1, 0.15) is 27.8 Å². The van der Waals surface area contributed by atoms with Crippen molar-refractivity contribution in [3.05, 3.63) is 82.7 Å². The molecule has 0 unspecified atom stereocenters. The summed E-state index contributed by atoms with van der Waals surface area (Å²) in [7, 11) is 1.65. The Bertz CT molecular complexity index is 1230. The number of carbonyl (C=O) groups is 1. The Kier molecular flexibility index (Phi) is 6.00. The topological polar surface area (TPSA) is 55.3 Å². The minimum atomic E-state index is 0.00171. The van der Waals surface area contributed by atoms with Gasteiger partial charge >= 0.3 is 0 Å². The van der Waals surface area contributed by atoms with Crippen LogP contribution >= 0.6 is 11.3 Å². The number of methoxy groups -OCH3 is 1. The van der Waals surface area contributed by atoms with Crippen LogP contribution < -0.4 is 9.64 Å². The molecule has 0 aliphatic rings. The molecule has 1 amide bonds. The van der Waals surface area contributed by atoms with E-state index < -0.39 is 0 Å². The number of nitrogens with zero attached hydrogens (tertiary/aromatic N) is 3. The SMILES string of the molecule is COc1ccc(CC(=O)N(Cc2cccnc2)c2nc3c(C)cc(C)cc3s2)cc1C. The minimum Gasteiger partial charge on any atom is -0.496 e. The lowest BCUT2D eigenvalue weighted by Crippen LogP contribution is -2.31. The van der Waals surface area contributed by atoms with Crippen LogP contribution in [0.5, 0.6) is 5.75 Å². The molecule has 4 aromatic rings. The Morgan fingerprint density at radius 3 is 2.61 bits per heavy atom. The highest BCUT2D eigenvalue weighted by Crippen LogP contribution is 2.33. The molecule has 31 heavy (non-hydrogen) atoms. The normalized spacial score (nSPS) is 11.0. The van der Waals surface area contributed by atoms with Crippen molar-refractivity contribution in [2.75, 3.05) is 12.0 Å². The van der Waals surface area contributed by atoms with Gasteiger partial charge in [0.05, 0.1) is 30.3 Å². The van der Waals surface area contributed by atoms with Gasteiger partial charge in [-0.15, -0.1) is 0 Å². The molecule has 0 aliphatic carbocycles. The number of carbonyl (C=O) groups excluding carboxylic acids is 1. The Balaban J connectivity index is 1.69. The van der Waals surface area contributed by atoms with Crippen molar-refractivity contribution in [3.8, 4) is 5.75 Å². The van der Waals surface area contributed by atoms with Gasteiger partial charge in [-0.1, -0.05) is 35.6 Å². The van der Waals surface area contributed by atoms with E-state index in [-0.39, 0.29) is 5.91 Å². The van der Waals surface area contributed by atoms with Gasteiger partial charge in [-0.2, -0.15) is 0 Å². The number of aromatic nitrogens is 2. The van der Waals surface area contributed by atoms with Crippen molar-refractivity contribution in [3.63, 3.8) is 0 Å². The predicted molar refractivity (Wildman–Crippen MR) is 126 cm³/mol. The van der Waals surface area contributed by atoms with Crippen LogP contribution in [0.25, 0.3) is 10.2 Å². The third-order valence-electron chi connectivity index (χ3n) is 5.23. The fourth-order valence-electron chi connectivity index (χ4n) is 3.73. The highest BCUT2D eigenvalue weighted by atomic mass is 32.1. The molecule has 0 spiro atoms. The van der Waals surface area contributed by atoms with E-state index >= 15 is 0 Å². The Hall–Kier alpha value is -3.25. The van der Waals surface area contributed by atoms with Crippen LogP contribution in [0, 0.1) is 20.8 Å². The van der Waals surface area contributed by atoms with E-state index in [1.165, 1.54) is 5.56 Å². The number of benzene rings is 2. The first kappa shape index (κ1) is 21.0. The first-order valence-electron chi connectivity index (χ1n) is 10.1. The van der Waals surface area contributed by atoms with Crippen molar-refractivity contribution in [2.24, 2.45) is 0 Å². The Morgan fingerprint density at radius 1 is 1.06 bits per heavy atom. The predicted octanol–water partition coefficient (Wildman–Crippen LogP) is 5.40. The fraction of sp³-hybridized carbons (Fsp3) is 0.240. The third kappa shape index (κ3) is 4.59. The standard InChI is InChI=1S/C25H25N3O2S/c1-16-10-18(3)24-22(11-16)31-25(27-24)28(15-20-6-5-9-26-14-20)23(29)13-19-7-8-21(30-4)17(2)12-19/h5-12,14H,13,15H2,1-4H3. The number of aryl methyl sites for hydroxylation is 3. The first-order valence-corrected chi connectivity index (χ1v) is 11.0. The van der Waals surface area contributed by atoms with Crippen LogP contribution in [0.15, 0.2) is 54.9 Å². The molecule has 0 bridgehead atoms. The van der Waals surface area contributed by atoms with Crippen molar-refractivity contribution >= 4 is 32.6 Å². The maximum absolute atomic E-state index is 13.5. The molecule has 0 radical (unpaired) electrons. The van der Waals surface area contributed by atoms with Gasteiger partial charge in [-0.05, 0) is 66.8 Å². The number of amides is 1. The molecule has 0 fully saturated rings. The van der Waals surface area contributed by atoms with Gasteiger partial charge in [0.2, 0.25) is 5.91 Å². The largest absolute Gasteiger partial charge is 0.496 e. The van der Waals surface area contributed by atoms with Crippen molar-refractivity contribution in [1.29, 1.82) is 0 Å². The minimum absolute atomic E-state index is 0.00171. The Morgan fingerprint density at radius 2 is 1.90 bits per heavy atom. The molecule has 0 atom stereocenters. The molecule has 2 heterocycles. The zero-order valence-corrected chi connectivity index (χ0v) is 19.0. The Labute approximate surface area is 186 Å². The quantitative estimate of drug-likeness (QED) is 0.410. The van der Waals surface area contributed by atoms with Gasteiger partial charge in [0.25, 0.3) is 0 Å². The molecule has 2 aromatic heterocycles. The lowest BCUT2D eigenvalue weighted by atomic mass is 10.1. The zero-order valence-electron chi connectivity index (χ0n) is 18.2. The third-order valence-corrected chi connectivity index (χ3v) is 6.25. The average molecular weight is 432 g/mol. The number of anilines is 1. The number of pyridine rings is 1. The summed E-state index contributed by atoms with van der Waals surface area (Å²) < 4.78 is 6.44. The number of hydrogen-bond acceptors (Lipinski definition) is 5. The summed E-state index contributed by atoms with van der Waals surface area (Å²) in [6, 6.07) is 14.0. The molecule has 2 aromatic carbocycles. The lowest BCUT2D eigenvalue weighted by Gasteiger charge is -2.20. The smallest absolute Gasteiger partial charge is 0.233 e. The van der Waals surface area contributed by atoms with Crippen LogP contribution in [0.3, 0.4) is 0 Å². The van der Waals surface area contributed by atoms with E-state index in [9.17, 15) is 4.79 Å². The highest BCUT2D eigenvalue weighted by molar-refractivity contribution is 7.22. The molecule has 0 saturated carbocycles. The second kappa shape index (κ2) is 8.86. The van der Waals surface area contributed by atoms with Gasteiger partial charge in [0.1, 0.15) is 5.75 Å². The number of rotatable bonds is 6. The van der Waals surface area contributed by atoms with E-state index in [0.717, 1.165) is 38.2 Å². The van der Waals surface area contributed by atoms with Gasteiger partial charge in [-0.3, -0.25) is 14.7 Å². The second-order valence-corrected chi connectivity index (χ2v) is 8.76. The summed E-state index contributed by atoms with van der Waals surface area (Å²) in [6.07, 6.45) is 3.82. The summed E-state index contributed by atoms with van der Waals surface area (Å²) in [5, 5.41) is 0.711. The molecular weight excluding hydrogens is 406 g/mol. The van der Waals surface area contributed by atoms with E-state index in [4.69, 9.17) is 9.72 Å². The maximum atomic E-state index is 13.5. The van der Waals surface area contributed by atoms with E-state index in [1.54, 1.807) is 35.7 Å². The summed E-state index contributed by atoms with van der Waals surface area (Å²) >= 11 is 1.55. The number of ether oxygens (including phenoxy) is 1. The summed E-state index contributed by atoms with van der Waals surface area (Å²) in [5.41, 5.74) is 6.20. The van der Waals surface area contributed by atoms with Gasteiger partial charge in [0, 0.05) is 12.4 Å². The molecule has 6 heteroatoms. The van der Waals surface area contributed by atoms with Gasteiger partial charge in [0.15, 0.2) is 5.13 Å². The molecule has 0 N–H and O–H groups in total. The van der Waals surface area contributed by atoms with Crippen molar-refractivity contribution in [2.45, 2.75) is 33.7 Å². The zero-order chi connectivity index (χ0) is 22.0. The van der Waals surface area contributed by atoms with Crippen molar-refractivity contribution < 1.29 is 9.53 Å². The summed E-state index contributed by atoms with van der Waals surface area (Å²) in [5.74, 6) is 0.822. The maximum Gasteiger partial charge on any atom is 0.233 e. The van der Waals surface area contributed by atoms with Crippen molar-refractivity contribution in [1.82, 2.24) is 9.97 Å². The van der Waals surface area contributed by atoms with Gasteiger partial charge in [-0.25, -0.2) is 4.98 Å². The molecule has 0 saturated heterocycles. The number of hydrogen-bond donors (Lipinski definition) is 0. The average Bonchev–Trinajstić information content (AvgIpc) is 3.17. The monoisotopic (exact) mass is 431 g/mol. The lowest BCUT2D eigenvalue weighted by molar-refractivity contribution is -0.118. The van der Waals surface area contributed by atoms with E-state index in [2.05, 4.69) is 31.0 Å². The summed E-state index contributed by atoms with van der Waals surface area (Å²) in [6.45, 7) is 6.56.